The fraction of sp³-hybridized carbons (Fsp3) is 0.136. The lowest BCUT2D eigenvalue weighted by atomic mass is 10.3. The van der Waals surface area contributed by atoms with Crippen LogP contribution in [-0.4, -0.2) is 22.1 Å². The van der Waals surface area contributed by atoms with Crippen molar-refractivity contribution in [2.24, 2.45) is 0 Å². The first kappa shape index (κ1) is 21.7. The number of hydrogen-bond acceptors (Lipinski definition) is 6. The van der Waals surface area contributed by atoms with E-state index in [-0.39, 0.29) is 18.8 Å². The van der Waals surface area contributed by atoms with Gasteiger partial charge in [0.2, 0.25) is 0 Å². The molecule has 2 aromatic heterocycles. The Morgan fingerprint density at radius 2 is 1.81 bits per heavy atom. The van der Waals surface area contributed by atoms with Gasteiger partial charge < -0.3 is 19.3 Å². The van der Waals surface area contributed by atoms with Crippen LogP contribution in [0.1, 0.15) is 11.5 Å². The summed E-state index contributed by atoms with van der Waals surface area (Å²) in [4.78, 5) is 28.9. The number of aryl methyl sites for hydroxylation is 1. The van der Waals surface area contributed by atoms with Crippen LogP contribution in [0.3, 0.4) is 0 Å². The van der Waals surface area contributed by atoms with Gasteiger partial charge in [-0.25, -0.2) is 4.98 Å². The maximum atomic E-state index is 12.3. The first-order valence-corrected chi connectivity index (χ1v) is 10.2. The third-order valence-corrected chi connectivity index (χ3v) is 4.79. The molecular formula is C22H17Cl2N3O5. The van der Waals surface area contributed by atoms with Gasteiger partial charge in [-0.05, 0) is 43.3 Å². The van der Waals surface area contributed by atoms with Crippen LogP contribution in [0.5, 0.6) is 11.5 Å². The first-order valence-electron chi connectivity index (χ1n) is 9.47. The molecule has 0 fully saturated rings. The second kappa shape index (κ2) is 9.33. The molecular weight excluding hydrogens is 457 g/mol. The Hall–Kier alpha value is -3.49. The Morgan fingerprint density at radius 3 is 2.59 bits per heavy atom. The molecule has 4 aromatic rings. The zero-order chi connectivity index (χ0) is 22.7. The fourth-order valence-electron chi connectivity index (χ4n) is 2.88. The number of halogens is 2. The molecule has 0 aliphatic rings. The summed E-state index contributed by atoms with van der Waals surface area (Å²) in [5.41, 5.74) is 0.823. The van der Waals surface area contributed by atoms with Crippen LogP contribution in [0.25, 0.3) is 5.65 Å². The molecule has 4 rings (SSSR count). The van der Waals surface area contributed by atoms with E-state index in [1.165, 1.54) is 6.07 Å². The predicted octanol–water partition coefficient (Wildman–Crippen LogP) is 4.50. The van der Waals surface area contributed by atoms with E-state index in [9.17, 15) is 9.59 Å². The number of amides is 1. The summed E-state index contributed by atoms with van der Waals surface area (Å²) >= 11 is 11.9. The lowest BCUT2D eigenvalue weighted by molar-refractivity contribution is -0.118. The molecule has 1 N–H and O–H groups in total. The lowest BCUT2D eigenvalue weighted by Gasteiger charge is -2.13. The van der Waals surface area contributed by atoms with Crippen molar-refractivity contribution < 1.29 is 18.8 Å². The number of nitrogens with one attached hydrogen (secondary N) is 1. The molecule has 0 spiro atoms. The van der Waals surface area contributed by atoms with Gasteiger partial charge in [0.1, 0.15) is 23.9 Å². The number of carbonyl (C=O) groups is 1. The molecule has 0 saturated carbocycles. The number of aromatic nitrogens is 2. The van der Waals surface area contributed by atoms with Crippen LogP contribution in [-0.2, 0) is 11.4 Å². The third kappa shape index (κ3) is 5.22. The van der Waals surface area contributed by atoms with E-state index in [1.54, 1.807) is 55.5 Å². The smallest absolute Gasteiger partial charge is 0.287 e. The van der Waals surface area contributed by atoms with Crippen molar-refractivity contribution in [2.45, 2.75) is 13.5 Å². The summed E-state index contributed by atoms with van der Waals surface area (Å²) in [5, 5.41) is 3.72. The molecule has 8 nitrogen and oxygen atoms in total. The lowest BCUT2D eigenvalue weighted by Crippen LogP contribution is -2.20. The van der Waals surface area contributed by atoms with Gasteiger partial charge >= 0.3 is 0 Å². The fourth-order valence-corrected chi connectivity index (χ4v) is 3.17. The molecule has 10 heteroatoms. The molecule has 1 amide bonds. The number of carbonyl (C=O) groups excluding carboxylic acids is 1. The zero-order valence-electron chi connectivity index (χ0n) is 16.8. The Kier molecular flexibility index (Phi) is 6.34. The van der Waals surface area contributed by atoms with Crippen molar-refractivity contribution in [2.75, 3.05) is 11.9 Å². The first-order chi connectivity index (χ1) is 15.4. The van der Waals surface area contributed by atoms with E-state index >= 15 is 0 Å². The molecule has 0 aliphatic heterocycles. The van der Waals surface area contributed by atoms with Crippen LogP contribution >= 0.6 is 23.2 Å². The quantitative estimate of drug-likeness (QED) is 0.424. The molecule has 0 radical (unpaired) electrons. The molecule has 164 valence electrons. The van der Waals surface area contributed by atoms with Gasteiger partial charge in [0, 0.05) is 28.2 Å². The van der Waals surface area contributed by atoms with E-state index < -0.39 is 5.91 Å². The topological polar surface area (TPSA) is 95.1 Å². The highest BCUT2D eigenvalue weighted by Crippen LogP contribution is 2.29. The standard InChI is InChI=1S/C22H17Cl2N3O5/c1-13-8-20-25-16(10-22(29)27(20)32-13)11-31-19-9-15(24)4-7-18(19)26-21(28)12-30-17-5-2-14(23)3-6-17/h2-10H,11-12H2,1H3,(H,26,28). The second-order valence-corrected chi connectivity index (χ2v) is 7.68. The van der Waals surface area contributed by atoms with E-state index in [0.717, 1.165) is 4.57 Å². The highest BCUT2D eigenvalue weighted by atomic mass is 35.5. The van der Waals surface area contributed by atoms with Crippen LogP contribution in [0.4, 0.5) is 5.69 Å². The summed E-state index contributed by atoms with van der Waals surface area (Å²) in [6.45, 7) is 1.50. The molecule has 2 heterocycles. The van der Waals surface area contributed by atoms with Gasteiger partial charge in [0.25, 0.3) is 11.5 Å². The SMILES string of the molecule is Cc1cc2nc(COc3cc(Cl)ccc3NC(=O)COc3ccc(Cl)cc3)cc(=O)n2o1. The Morgan fingerprint density at radius 1 is 1.06 bits per heavy atom. The van der Waals surface area contributed by atoms with Crippen LogP contribution in [0.2, 0.25) is 10.0 Å². The number of fused-ring (bicyclic) bond motifs is 1. The van der Waals surface area contributed by atoms with Crippen molar-refractivity contribution in [3.8, 4) is 11.5 Å². The minimum Gasteiger partial charge on any atom is -0.485 e. The average Bonchev–Trinajstić information content (AvgIpc) is 3.14. The Balaban J connectivity index is 1.44. The van der Waals surface area contributed by atoms with Gasteiger partial charge in [-0.2, -0.15) is 0 Å². The third-order valence-electron chi connectivity index (χ3n) is 4.30. The molecule has 0 saturated heterocycles. The largest absolute Gasteiger partial charge is 0.485 e. The monoisotopic (exact) mass is 473 g/mol. The number of nitrogens with zero attached hydrogens (tertiary/aromatic N) is 2. The van der Waals surface area contributed by atoms with Crippen molar-refractivity contribution >= 4 is 40.4 Å². The molecule has 2 aromatic carbocycles. The van der Waals surface area contributed by atoms with Gasteiger partial charge in [-0.1, -0.05) is 23.2 Å². The van der Waals surface area contributed by atoms with Crippen molar-refractivity contribution in [1.82, 2.24) is 9.56 Å². The van der Waals surface area contributed by atoms with Crippen LogP contribution in [0, 0.1) is 6.92 Å². The van der Waals surface area contributed by atoms with E-state index in [2.05, 4.69) is 10.3 Å². The van der Waals surface area contributed by atoms with Crippen LogP contribution < -0.4 is 20.3 Å². The summed E-state index contributed by atoms with van der Waals surface area (Å²) in [6, 6.07) is 14.4. The van der Waals surface area contributed by atoms with Gasteiger partial charge in [0.05, 0.1) is 11.4 Å². The highest BCUT2D eigenvalue weighted by Gasteiger charge is 2.12. The molecule has 0 atom stereocenters. The Bertz CT molecular complexity index is 1330. The van der Waals surface area contributed by atoms with E-state index in [0.29, 0.717) is 44.3 Å². The van der Waals surface area contributed by atoms with E-state index in [1.807, 2.05) is 0 Å². The van der Waals surface area contributed by atoms with Gasteiger partial charge in [-0.3, -0.25) is 9.59 Å². The molecule has 0 unspecified atom stereocenters. The van der Waals surface area contributed by atoms with Crippen molar-refractivity contribution in [3.63, 3.8) is 0 Å². The summed E-state index contributed by atoms with van der Waals surface area (Å²) in [5.74, 6) is 1.01. The number of benzene rings is 2. The maximum Gasteiger partial charge on any atom is 0.287 e. The summed E-state index contributed by atoms with van der Waals surface area (Å²) < 4.78 is 17.6. The Labute approximate surface area is 192 Å². The summed E-state index contributed by atoms with van der Waals surface area (Å²) in [7, 11) is 0. The number of rotatable bonds is 7. The number of anilines is 1. The highest BCUT2D eigenvalue weighted by molar-refractivity contribution is 6.31. The van der Waals surface area contributed by atoms with Crippen molar-refractivity contribution in [3.05, 3.63) is 86.5 Å². The molecule has 0 aliphatic carbocycles. The second-order valence-electron chi connectivity index (χ2n) is 6.80. The minimum absolute atomic E-state index is 0.0134. The summed E-state index contributed by atoms with van der Waals surface area (Å²) in [6.07, 6.45) is 0. The normalized spacial score (nSPS) is 10.8. The average molecular weight is 474 g/mol. The van der Waals surface area contributed by atoms with Crippen molar-refractivity contribution in [1.29, 1.82) is 0 Å². The van der Waals surface area contributed by atoms with Crippen LogP contribution in [0.15, 0.2) is 63.9 Å². The van der Waals surface area contributed by atoms with Gasteiger partial charge in [0.15, 0.2) is 12.3 Å². The molecule has 32 heavy (non-hydrogen) atoms. The van der Waals surface area contributed by atoms with Gasteiger partial charge in [-0.15, -0.1) is 4.57 Å². The minimum atomic E-state index is -0.390. The maximum absolute atomic E-state index is 12.3. The number of hydrogen-bond donors (Lipinski definition) is 1. The predicted molar refractivity (Wildman–Crippen MR) is 120 cm³/mol. The zero-order valence-corrected chi connectivity index (χ0v) is 18.3. The van der Waals surface area contributed by atoms with E-state index in [4.69, 9.17) is 37.2 Å². The number of ether oxygens (including phenoxy) is 2. The molecule has 0 bridgehead atoms.